The molecule has 0 aliphatic carbocycles. The van der Waals surface area contributed by atoms with Crippen molar-refractivity contribution in [3.63, 3.8) is 0 Å². The highest BCUT2D eigenvalue weighted by atomic mass is 16.6. The third kappa shape index (κ3) is 3.04. The lowest BCUT2D eigenvalue weighted by Crippen LogP contribution is -2.37. The number of hydrogen-bond acceptors (Lipinski definition) is 7. The molecular formula is C10H17N5O3. The highest BCUT2D eigenvalue weighted by Gasteiger charge is 2.24. The number of rotatable bonds is 6. The van der Waals surface area contributed by atoms with E-state index in [0.29, 0.717) is 13.2 Å². The first kappa shape index (κ1) is 14.1. The summed E-state index contributed by atoms with van der Waals surface area (Å²) in [5.41, 5.74) is 5.33. The predicted molar refractivity (Wildman–Crippen MR) is 67.5 cm³/mol. The van der Waals surface area contributed by atoms with Gasteiger partial charge in [0.15, 0.2) is 0 Å². The molecule has 1 atom stereocenters. The summed E-state index contributed by atoms with van der Waals surface area (Å²) in [6.45, 7) is 4.78. The number of aromatic nitrogens is 2. The molecule has 0 bridgehead atoms. The van der Waals surface area contributed by atoms with Crippen molar-refractivity contribution in [1.29, 1.82) is 0 Å². The van der Waals surface area contributed by atoms with Gasteiger partial charge in [-0.3, -0.25) is 10.1 Å². The Kier molecular flexibility index (Phi) is 4.78. The molecule has 100 valence electrons. The van der Waals surface area contributed by atoms with Crippen molar-refractivity contribution < 1.29 is 9.66 Å². The Hall–Kier alpha value is -1.96. The first-order chi connectivity index (χ1) is 8.51. The first-order valence-corrected chi connectivity index (χ1v) is 5.53. The molecule has 0 spiro atoms. The molecule has 0 amide bonds. The maximum Gasteiger partial charge on any atom is 0.329 e. The predicted octanol–water partition coefficient (Wildman–Crippen LogP) is 0.828. The zero-order valence-electron chi connectivity index (χ0n) is 10.7. The number of nitrogens with two attached hydrogens (primary N) is 1. The number of hydrogen-bond donors (Lipinski definition) is 1. The summed E-state index contributed by atoms with van der Waals surface area (Å²) in [7, 11) is 1.58. The maximum absolute atomic E-state index is 11.0. The van der Waals surface area contributed by atoms with Gasteiger partial charge in [0.1, 0.15) is 6.20 Å². The second kappa shape index (κ2) is 6.10. The van der Waals surface area contributed by atoms with Crippen molar-refractivity contribution in [2.24, 2.45) is 0 Å². The number of methoxy groups -OCH3 is 1. The van der Waals surface area contributed by atoms with Crippen LogP contribution in [0.3, 0.4) is 0 Å². The molecule has 0 fully saturated rings. The topological polar surface area (TPSA) is 107 Å². The molecule has 8 nitrogen and oxygen atoms in total. The lowest BCUT2D eigenvalue weighted by Gasteiger charge is -2.27. The molecule has 8 heteroatoms. The van der Waals surface area contributed by atoms with Gasteiger partial charge in [0.2, 0.25) is 11.8 Å². The molecule has 1 aromatic rings. The van der Waals surface area contributed by atoms with Crippen LogP contribution in [0.1, 0.15) is 13.8 Å². The van der Waals surface area contributed by atoms with Crippen LogP contribution in [-0.4, -0.2) is 41.2 Å². The monoisotopic (exact) mass is 255 g/mol. The van der Waals surface area contributed by atoms with Crippen LogP contribution < -0.4 is 10.6 Å². The largest absolute Gasteiger partial charge is 0.383 e. The summed E-state index contributed by atoms with van der Waals surface area (Å²) in [5, 5.41) is 11.0. The van der Waals surface area contributed by atoms with E-state index >= 15 is 0 Å². The van der Waals surface area contributed by atoms with Crippen molar-refractivity contribution >= 4 is 17.5 Å². The van der Waals surface area contributed by atoms with E-state index in [-0.39, 0.29) is 23.5 Å². The van der Waals surface area contributed by atoms with Crippen LogP contribution in [0.4, 0.5) is 17.5 Å². The van der Waals surface area contributed by atoms with Gasteiger partial charge in [-0.15, -0.1) is 0 Å². The smallest absolute Gasteiger partial charge is 0.329 e. The van der Waals surface area contributed by atoms with Gasteiger partial charge in [-0.05, 0) is 13.8 Å². The molecule has 0 saturated heterocycles. The fourth-order valence-electron chi connectivity index (χ4n) is 1.72. The SMILES string of the molecule is CCN(c1nc(N)ncc1[N+](=O)[O-])C(C)COC. The van der Waals surface area contributed by atoms with Gasteiger partial charge >= 0.3 is 5.69 Å². The average Bonchev–Trinajstić information content (AvgIpc) is 2.30. The van der Waals surface area contributed by atoms with Gasteiger partial charge in [-0.2, -0.15) is 4.98 Å². The molecule has 1 unspecified atom stereocenters. The summed E-state index contributed by atoms with van der Waals surface area (Å²) in [6, 6.07) is -0.0481. The Bertz CT molecular complexity index is 426. The third-order valence-electron chi connectivity index (χ3n) is 2.52. The molecule has 0 radical (unpaired) electrons. The van der Waals surface area contributed by atoms with E-state index in [0.717, 1.165) is 6.20 Å². The third-order valence-corrected chi connectivity index (χ3v) is 2.52. The number of ether oxygens (including phenoxy) is 1. The summed E-state index contributed by atoms with van der Waals surface area (Å²) in [4.78, 5) is 19.8. The van der Waals surface area contributed by atoms with E-state index in [1.807, 2.05) is 13.8 Å². The van der Waals surface area contributed by atoms with E-state index in [9.17, 15) is 10.1 Å². The van der Waals surface area contributed by atoms with Crippen LogP contribution in [0.5, 0.6) is 0 Å². The zero-order valence-corrected chi connectivity index (χ0v) is 10.7. The van der Waals surface area contributed by atoms with Crippen molar-refractivity contribution in [3.8, 4) is 0 Å². The highest BCUT2D eigenvalue weighted by molar-refractivity contribution is 5.58. The average molecular weight is 255 g/mol. The van der Waals surface area contributed by atoms with Crippen molar-refractivity contribution in [3.05, 3.63) is 16.3 Å². The standard InChI is InChI=1S/C10H17N5O3/c1-4-14(7(2)6-18-3)9-8(15(16)17)5-12-10(11)13-9/h5,7H,4,6H2,1-3H3,(H2,11,12,13). The molecule has 0 aromatic carbocycles. The molecule has 0 aliphatic rings. The van der Waals surface area contributed by atoms with E-state index in [1.54, 1.807) is 12.0 Å². The van der Waals surface area contributed by atoms with Crippen molar-refractivity contribution in [2.45, 2.75) is 19.9 Å². The number of nitro groups is 1. The lowest BCUT2D eigenvalue weighted by molar-refractivity contribution is -0.384. The van der Waals surface area contributed by atoms with Gasteiger partial charge in [-0.25, -0.2) is 4.98 Å². The first-order valence-electron chi connectivity index (χ1n) is 5.53. The molecule has 0 saturated carbocycles. The van der Waals surface area contributed by atoms with Crippen molar-refractivity contribution in [2.75, 3.05) is 30.9 Å². The van der Waals surface area contributed by atoms with Crippen molar-refractivity contribution in [1.82, 2.24) is 9.97 Å². The summed E-state index contributed by atoms with van der Waals surface area (Å²) in [6.07, 6.45) is 1.12. The van der Waals surface area contributed by atoms with Crippen LogP contribution in [0.25, 0.3) is 0 Å². The minimum absolute atomic E-state index is 0.0127. The normalized spacial score (nSPS) is 12.2. The lowest BCUT2D eigenvalue weighted by atomic mass is 10.3. The van der Waals surface area contributed by atoms with E-state index in [2.05, 4.69) is 9.97 Å². The second-order valence-electron chi connectivity index (χ2n) is 3.78. The number of nitrogens with zero attached hydrogens (tertiary/aromatic N) is 4. The molecular weight excluding hydrogens is 238 g/mol. The molecule has 1 rings (SSSR count). The van der Waals surface area contributed by atoms with Gasteiger partial charge in [0.25, 0.3) is 0 Å². The molecule has 1 aromatic heterocycles. The second-order valence-corrected chi connectivity index (χ2v) is 3.78. The van der Waals surface area contributed by atoms with Gasteiger partial charge in [-0.1, -0.05) is 0 Å². The fourth-order valence-corrected chi connectivity index (χ4v) is 1.72. The Morgan fingerprint density at radius 2 is 2.33 bits per heavy atom. The quantitative estimate of drug-likeness (QED) is 0.592. The van der Waals surface area contributed by atoms with Crippen LogP contribution in [0.15, 0.2) is 6.20 Å². The maximum atomic E-state index is 11.0. The van der Waals surface area contributed by atoms with Crippen LogP contribution in [0, 0.1) is 10.1 Å². The Morgan fingerprint density at radius 1 is 1.67 bits per heavy atom. The number of nitrogen functional groups attached to an aromatic ring is 1. The van der Waals surface area contributed by atoms with Gasteiger partial charge in [0, 0.05) is 13.7 Å². The number of anilines is 2. The Balaban J connectivity index is 3.18. The Labute approximate surface area is 105 Å². The highest BCUT2D eigenvalue weighted by Crippen LogP contribution is 2.26. The molecule has 0 aliphatic heterocycles. The number of likely N-dealkylation sites (N-methyl/N-ethyl adjacent to an activating group) is 1. The van der Waals surface area contributed by atoms with E-state index in [1.165, 1.54) is 0 Å². The Morgan fingerprint density at radius 3 is 2.83 bits per heavy atom. The van der Waals surface area contributed by atoms with E-state index < -0.39 is 4.92 Å². The summed E-state index contributed by atoms with van der Waals surface area (Å²) < 4.78 is 5.05. The van der Waals surface area contributed by atoms with E-state index in [4.69, 9.17) is 10.5 Å². The van der Waals surface area contributed by atoms with Crippen LogP contribution >= 0.6 is 0 Å². The molecule has 18 heavy (non-hydrogen) atoms. The van der Waals surface area contributed by atoms with Crippen LogP contribution in [0.2, 0.25) is 0 Å². The van der Waals surface area contributed by atoms with Gasteiger partial charge in [0.05, 0.1) is 17.6 Å². The zero-order chi connectivity index (χ0) is 13.7. The summed E-state index contributed by atoms with van der Waals surface area (Å²) >= 11 is 0. The molecule has 1 heterocycles. The minimum Gasteiger partial charge on any atom is -0.383 e. The fraction of sp³-hybridized carbons (Fsp3) is 0.600. The minimum atomic E-state index is -0.517. The summed E-state index contributed by atoms with van der Waals surface area (Å²) in [5.74, 6) is 0.234. The van der Waals surface area contributed by atoms with Gasteiger partial charge < -0.3 is 15.4 Å². The molecule has 2 N–H and O–H groups in total. The van der Waals surface area contributed by atoms with Crippen LogP contribution in [-0.2, 0) is 4.74 Å².